The highest BCUT2D eigenvalue weighted by molar-refractivity contribution is 5.24. The average molecular weight is 217 g/mol. The molecule has 0 aromatic heterocycles. The lowest BCUT2D eigenvalue weighted by atomic mass is 9.90. The normalized spacial score (nSPS) is 17.6. The van der Waals surface area contributed by atoms with Crippen molar-refractivity contribution in [3.8, 4) is 0 Å². The number of hydrogen-bond acceptors (Lipinski definition) is 1. The number of nitrogens with one attached hydrogen (secondary N) is 1. The summed E-state index contributed by atoms with van der Waals surface area (Å²) in [5.41, 5.74) is 3.05. The number of hydrogen-bond donors (Lipinski definition) is 1. The summed E-state index contributed by atoms with van der Waals surface area (Å²) >= 11 is 0. The largest absolute Gasteiger partial charge is 0.317 e. The maximum Gasteiger partial charge on any atom is -0.00462 e. The van der Waals surface area contributed by atoms with Crippen LogP contribution in [0.3, 0.4) is 0 Å². The summed E-state index contributed by atoms with van der Waals surface area (Å²) in [4.78, 5) is 0. The molecular formula is C15H23N. The van der Waals surface area contributed by atoms with Gasteiger partial charge in [-0.3, -0.25) is 0 Å². The molecule has 0 aliphatic carbocycles. The van der Waals surface area contributed by atoms with E-state index in [0.717, 1.165) is 5.92 Å². The van der Waals surface area contributed by atoms with Crippen LogP contribution in [0.4, 0.5) is 0 Å². The van der Waals surface area contributed by atoms with Gasteiger partial charge in [0, 0.05) is 0 Å². The van der Waals surface area contributed by atoms with Gasteiger partial charge in [0.25, 0.3) is 0 Å². The first kappa shape index (κ1) is 11.7. The molecule has 1 aliphatic heterocycles. The molecule has 1 N–H and O–H groups in total. The van der Waals surface area contributed by atoms with Crippen molar-refractivity contribution in [1.82, 2.24) is 5.32 Å². The summed E-state index contributed by atoms with van der Waals surface area (Å²) in [7, 11) is 0. The molecule has 1 heteroatoms. The topological polar surface area (TPSA) is 12.0 Å². The lowest BCUT2D eigenvalue weighted by molar-refractivity contribution is 0.372. The molecule has 1 nitrogen and oxygen atoms in total. The lowest BCUT2D eigenvalue weighted by Crippen LogP contribution is -2.28. The van der Waals surface area contributed by atoms with Crippen molar-refractivity contribution in [2.45, 2.75) is 39.0 Å². The Hall–Kier alpha value is -0.820. The molecule has 0 bridgehead atoms. The molecule has 88 valence electrons. The second kappa shape index (κ2) is 6.05. The molecular weight excluding hydrogens is 194 g/mol. The van der Waals surface area contributed by atoms with Crippen molar-refractivity contribution >= 4 is 0 Å². The van der Waals surface area contributed by atoms with Crippen LogP contribution in [0.5, 0.6) is 0 Å². The Labute approximate surface area is 99.3 Å². The second-order valence-corrected chi connectivity index (χ2v) is 4.97. The van der Waals surface area contributed by atoms with Crippen LogP contribution in [0.15, 0.2) is 24.3 Å². The van der Waals surface area contributed by atoms with E-state index in [-0.39, 0.29) is 0 Å². The van der Waals surface area contributed by atoms with E-state index in [1.807, 2.05) is 0 Å². The highest BCUT2D eigenvalue weighted by atomic mass is 14.9. The molecule has 1 aromatic rings. The summed E-state index contributed by atoms with van der Waals surface area (Å²) in [6.07, 6.45) is 6.44. The molecule has 1 saturated heterocycles. The smallest absolute Gasteiger partial charge is 0.00462 e. The van der Waals surface area contributed by atoms with Crippen LogP contribution in [0.1, 0.15) is 37.3 Å². The van der Waals surface area contributed by atoms with Gasteiger partial charge in [-0.2, -0.15) is 0 Å². The Kier molecular flexibility index (Phi) is 4.41. The zero-order valence-corrected chi connectivity index (χ0v) is 10.3. The third kappa shape index (κ3) is 3.34. The van der Waals surface area contributed by atoms with Gasteiger partial charge in [-0.05, 0) is 55.8 Å². The minimum absolute atomic E-state index is 0.901. The number of piperidine rings is 1. The van der Waals surface area contributed by atoms with E-state index in [1.165, 1.54) is 56.3 Å². The van der Waals surface area contributed by atoms with Gasteiger partial charge in [0.15, 0.2) is 0 Å². The maximum atomic E-state index is 3.43. The number of benzene rings is 1. The van der Waals surface area contributed by atoms with Crippen LogP contribution < -0.4 is 5.32 Å². The van der Waals surface area contributed by atoms with Crippen LogP contribution in [0, 0.1) is 5.92 Å². The van der Waals surface area contributed by atoms with Gasteiger partial charge >= 0.3 is 0 Å². The number of rotatable bonds is 4. The first-order valence-corrected chi connectivity index (χ1v) is 6.67. The van der Waals surface area contributed by atoms with Crippen LogP contribution in [-0.4, -0.2) is 13.1 Å². The van der Waals surface area contributed by atoms with Crippen molar-refractivity contribution in [3.63, 3.8) is 0 Å². The highest BCUT2D eigenvalue weighted by Crippen LogP contribution is 2.19. The molecule has 1 aliphatic rings. The molecule has 1 fully saturated rings. The van der Waals surface area contributed by atoms with E-state index in [2.05, 4.69) is 36.5 Å². The van der Waals surface area contributed by atoms with E-state index >= 15 is 0 Å². The quantitative estimate of drug-likeness (QED) is 0.817. The van der Waals surface area contributed by atoms with Crippen molar-refractivity contribution < 1.29 is 0 Å². The van der Waals surface area contributed by atoms with Crippen molar-refractivity contribution in [3.05, 3.63) is 35.4 Å². The SMILES string of the molecule is CCCc1cccc(CC2CCNCC2)c1. The standard InChI is InChI=1S/C15H23N/c1-2-4-13-5-3-6-15(11-13)12-14-7-9-16-10-8-14/h3,5-6,11,14,16H,2,4,7-10,12H2,1H3. The van der Waals surface area contributed by atoms with E-state index < -0.39 is 0 Å². The van der Waals surface area contributed by atoms with Gasteiger partial charge < -0.3 is 5.32 Å². The van der Waals surface area contributed by atoms with E-state index in [0.29, 0.717) is 0 Å². The molecule has 0 saturated carbocycles. The molecule has 16 heavy (non-hydrogen) atoms. The predicted molar refractivity (Wildman–Crippen MR) is 69.7 cm³/mol. The van der Waals surface area contributed by atoms with Gasteiger partial charge in [-0.1, -0.05) is 37.6 Å². The lowest BCUT2D eigenvalue weighted by Gasteiger charge is -2.22. The third-order valence-corrected chi connectivity index (χ3v) is 3.51. The van der Waals surface area contributed by atoms with E-state index in [4.69, 9.17) is 0 Å². The van der Waals surface area contributed by atoms with Crippen LogP contribution >= 0.6 is 0 Å². The molecule has 1 heterocycles. The minimum atomic E-state index is 0.901. The molecule has 1 aromatic carbocycles. The molecule has 0 atom stereocenters. The van der Waals surface area contributed by atoms with Gasteiger partial charge in [0.05, 0.1) is 0 Å². The van der Waals surface area contributed by atoms with Crippen molar-refractivity contribution in [2.24, 2.45) is 5.92 Å². The number of aryl methyl sites for hydroxylation is 1. The fourth-order valence-corrected chi connectivity index (χ4v) is 2.62. The summed E-state index contributed by atoms with van der Waals surface area (Å²) in [5.74, 6) is 0.901. The van der Waals surface area contributed by atoms with E-state index in [1.54, 1.807) is 0 Å². The molecule has 0 amide bonds. The Bertz CT molecular complexity index is 313. The molecule has 0 radical (unpaired) electrons. The van der Waals surface area contributed by atoms with Gasteiger partial charge in [0.2, 0.25) is 0 Å². The van der Waals surface area contributed by atoms with E-state index in [9.17, 15) is 0 Å². The Morgan fingerprint density at radius 2 is 1.94 bits per heavy atom. The molecule has 0 unspecified atom stereocenters. The van der Waals surface area contributed by atoms with Crippen LogP contribution in [0.2, 0.25) is 0 Å². The summed E-state index contributed by atoms with van der Waals surface area (Å²) < 4.78 is 0. The Balaban J connectivity index is 1.94. The van der Waals surface area contributed by atoms with Crippen molar-refractivity contribution in [2.75, 3.05) is 13.1 Å². The van der Waals surface area contributed by atoms with Crippen LogP contribution in [0.25, 0.3) is 0 Å². The zero-order valence-electron chi connectivity index (χ0n) is 10.3. The van der Waals surface area contributed by atoms with Gasteiger partial charge in [0.1, 0.15) is 0 Å². The van der Waals surface area contributed by atoms with Crippen molar-refractivity contribution in [1.29, 1.82) is 0 Å². The second-order valence-electron chi connectivity index (χ2n) is 4.97. The Morgan fingerprint density at radius 3 is 2.69 bits per heavy atom. The first-order valence-electron chi connectivity index (χ1n) is 6.67. The summed E-state index contributed by atoms with van der Waals surface area (Å²) in [6.45, 7) is 4.66. The van der Waals surface area contributed by atoms with Crippen LogP contribution in [-0.2, 0) is 12.8 Å². The molecule has 0 spiro atoms. The first-order chi connectivity index (χ1) is 7.88. The fraction of sp³-hybridized carbons (Fsp3) is 0.600. The summed E-state index contributed by atoms with van der Waals surface area (Å²) in [5, 5.41) is 3.43. The molecule has 2 rings (SSSR count). The zero-order chi connectivity index (χ0) is 11.2. The third-order valence-electron chi connectivity index (χ3n) is 3.51. The summed E-state index contributed by atoms with van der Waals surface area (Å²) in [6, 6.07) is 9.18. The Morgan fingerprint density at radius 1 is 1.19 bits per heavy atom. The van der Waals surface area contributed by atoms with Gasteiger partial charge in [-0.15, -0.1) is 0 Å². The monoisotopic (exact) mass is 217 g/mol. The highest BCUT2D eigenvalue weighted by Gasteiger charge is 2.13. The maximum absolute atomic E-state index is 3.43. The average Bonchev–Trinajstić information content (AvgIpc) is 2.31. The van der Waals surface area contributed by atoms with Gasteiger partial charge in [-0.25, -0.2) is 0 Å². The fourth-order valence-electron chi connectivity index (χ4n) is 2.62. The minimum Gasteiger partial charge on any atom is -0.317 e. The predicted octanol–water partition coefficient (Wildman–Crippen LogP) is 3.18.